The molecule has 2 aromatic heterocycles. The van der Waals surface area contributed by atoms with Gasteiger partial charge in [-0.2, -0.15) is 5.10 Å². The number of rotatable bonds is 6. The van der Waals surface area contributed by atoms with Crippen LogP contribution in [0.15, 0.2) is 36.7 Å². The quantitative estimate of drug-likeness (QED) is 0.693. The second kappa shape index (κ2) is 7.21. The highest BCUT2D eigenvalue weighted by atomic mass is 16.5. The normalized spacial score (nSPS) is 10.7. The summed E-state index contributed by atoms with van der Waals surface area (Å²) < 4.78 is 12.1. The molecular formula is C18H20N4O3. The molecule has 0 bridgehead atoms. The van der Waals surface area contributed by atoms with Gasteiger partial charge in [-0.15, -0.1) is 0 Å². The van der Waals surface area contributed by atoms with Gasteiger partial charge in [0.15, 0.2) is 5.65 Å². The number of methoxy groups -OCH3 is 1. The van der Waals surface area contributed by atoms with E-state index in [4.69, 9.17) is 9.47 Å². The maximum atomic E-state index is 12.3. The Bertz CT molecular complexity index is 887. The lowest BCUT2D eigenvalue weighted by Crippen LogP contribution is -2.09. The van der Waals surface area contributed by atoms with Crippen molar-refractivity contribution in [2.24, 2.45) is 0 Å². The first-order valence-electron chi connectivity index (χ1n) is 8.10. The van der Waals surface area contributed by atoms with Crippen molar-refractivity contribution >= 4 is 28.4 Å². The summed E-state index contributed by atoms with van der Waals surface area (Å²) in [5.74, 6) is 0.340. The van der Waals surface area contributed by atoms with Gasteiger partial charge >= 0.3 is 5.97 Å². The molecule has 1 aromatic carbocycles. The Hall–Kier alpha value is -3.09. The van der Waals surface area contributed by atoms with Crippen LogP contribution >= 0.6 is 0 Å². The highest BCUT2D eigenvalue weighted by Gasteiger charge is 2.19. The van der Waals surface area contributed by atoms with Crippen molar-refractivity contribution in [1.29, 1.82) is 0 Å². The van der Waals surface area contributed by atoms with Crippen molar-refractivity contribution < 1.29 is 14.3 Å². The van der Waals surface area contributed by atoms with Gasteiger partial charge in [0.2, 0.25) is 0 Å². The number of hydrogen-bond acceptors (Lipinski definition) is 6. The van der Waals surface area contributed by atoms with E-state index in [9.17, 15) is 4.79 Å². The Kier molecular flexibility index (Phi) is 4.83. The first-order valence-corrected chi connectivity index (χ1v) is 8.10. The van der Waals surface area contributed by atoms with Gasteiger partial charge in [0.05, 0.1) is 31.0 Å². The lowest BCUT2D eigenvalue weighted by molar-refractivity contribution is 0.0527. The van der Waals surface area contributed by atoms with E-state index >= 15 is 0 Å². The third-order valence-corrected chi connectivity index (χ3v) is 3.82. The van der Waals surface area contributed by atoms with Crippen LogP contribution in [0.5, 0.6) is 5.75 Å². The average Bonchev–Trinajstić information content (AvgIpc) is 3.06. The van der Waals surface area contributed by atoms with E-state index in [2.05, 4.69) is 15.4 Å². The van der Waals surface area contributed by atoms with Crippen LogP contribution in [0.2, 0.25) is 0 Å². The zero-order valence-electron chi connectivity index (χ0n) is 14.4. The second-order valence-electron chi connectivity index (χ2n) is 5.32. The Labute approximate surface area is 145 Å². The molecule has 1 N–H and O–H groups in total. The number of carbonyl (C=O) groups excluding carboxylic acids is 1. The van der Waals surface area contributed by atoms with Crippen LogP contribution in [0.3, 0.4) is 0 Å². The van der Waals surface area contributed by atoms with Crippen molar-refractivity contribution in [3.63, 3.8) is 0 Å². The van der Waals surface area contributed by atoms with E-state index in [1.165, 1.54) is 6.20 Å². The Morgan fingerprint density at radius 1 is 1.20 bits per heavy atom. The van der Waals surface area contributed by atoms with Gasteiger partial charge in [0.1, 0.15) is 11.3 Å². The number of fused-ring (bicyclic) bond motifs is 1. The monoisotopic (exact) mass is 340 g/mol. The highest BCUT2D eigenvalue weighted by Crippen LogP contribution is 2.30. The summed E-state index contributed by atoms with van der Waals surface area (Å²) in [6.45, 7) is 4.75. The van der Waals surface area contributed by atoms with Crippen LogP contribution in [0.25, 0.3) is 11.0 Å². The molecule has 0 spiro atoms. The fraction of sp³-hybridized carbons (Fsp3) is 0.278. The molecular weight excluding hydrogens is 320 g/mol. The van der Waals surface area contributed by atoms with Crippen LogP contribution in [-0.4, -0.2) is 34.5 Å². The lowest BCUT2D eigenvalue weighted by atomic mass is 10.1. The van der Waals surface area contributed by atoms with E-state index in [0.717, 1.165) is 16.8 Å². The maximum absolute atomic E-state index is 12.3. The molecule has 0 amide bonds. The summed E-state index contributed by atoms with van der Waals surface area (Å²) in [7, 11) is 1.62. The first-order chi connectivity index (χ1) is 12.2. The molecule has 0 aliphatic heterocycles. The molecule has 0 fully saturated rings. The highest BCUT2D eigenvalue weighted by molar-refractivity contribution is 6.05. The minimum absolute atomic E-state index is 0.299. The summed E-state index contributed by atoms with van der Waals surface area (Å²) in [6.07, 6.45) is 3.24. The number of nitrogens with zero attached hydrogens (tertiary/aromatic N) is 3. The van der Waals surface area contributed by atoms with Crippen molar-refractivity contribution in [3.05, 3.63) is 42.2 Å². The second-order valence-corrected chi connectivity index (χ2v) is 5.32. The van der Waals surface area contributed by atoms with Crippen LogP contribution in [0.4, 0.5) is 11.4 Å². The standard InChI is InChI=1S/C18H20N4O3/c1-4-22-17-14(11-20-22)16(15(10-19-17)18(23)25-5-2)21-12-6-8-13(24-3)9-7-12/h6-11H,4-5H2,1-3H3,(H,19,21). The third-order valence-electron chi connectivity index (χ3n) is 3.82. The Morgan fingerprint density at radius 3 is 2.60 bits per heavy atom. The first kappa shape index (κ1) is 16.8. The number of aromatic nitrogens is 3. The zero-order chi connectivity index (χ0) is 17.8. The molecule has 3 aromatic rings. The van der Waals surface area contributed by atoms with Crippen LogP contribution in [-0.2, 0) is 11.3 Å². The summed E-state index contributed by atoms with van der Waals surface area (Å²) in [4.78, 5) is 16.7. The van der Waals surface area contributed by atoms with Crippen LogP contribution in [0.1, 0.15) is 24.2 Å². The number of hydrogen-bond donors (Lipinski definition) is 1. The van der Waals surface area contributed by atoms with E-state index in [-0.39, 0.29) is 0 Å². The summed E-state index contributed by atoms with van der Waals surface area (Å²) in [5.41, 5.74) is 2.55. The minimum atomic E-state index is -0.419. The molecule has 0 saturated heterocycles. The number of pyridine rings is 1. The predicted molar refractivity (Wildman–Crippen MR) is 95.4 cm³/mol. The number of ether oxygens (including phenoxy) is 2. The maximum Gasteiger partial charge on any atom is 0.341 e. The summed E-state index contributed by atoms with van der Waals surface area (Å²) >= 11 is 0. The topological polar surface area (TPSA) is 78.3 Å². The summed E-state index contributed by atoms with van der Waals surface area (Å²) in [6, 6.07) is 7.45. The summed E-state index contributed by atoms with van der Waals surface area (Å²) in [5, 5.41) is 8.39. The Morgan fingerprint density at radius 2 is 1.96 bits per heavy atom. The molecule has 130 valence electrons. The van der Waals surface area contributed by atoms with Gasteiger partial charge in [-0.3, -0.25) is 0 Å². The van der Waals surface area contributed by atoms with Crippen molar-refractivity contribution in [1.82, 2.24) is 14.8 Å². The third kappa shape index (κ3) is 3.26. The molecule has 3 rings (SSSR count). The Balaban J connectivity index is 2.09. The predicted octanol–water partition coefficient (Wildman–Crippen LogP) is 3.38. The van der Waals surface area contributed by atoms with E-state index in [0.29, 0.717) is 30.0 Å². The molecule has 0 saturated carbocycles. The fourth-order valence-electron chi connectivity index (χ4n) is 2.58. The zero-order valence-corrected chi connectivity index (χ0v) is 14.4. The smallest absolute Gasteiger partial charge is 0.341 e. The van der Waals surface area contributed by atoms with Crippen LogP contribution < -0.4 is 10.1 Å². The van der Waals surface area contributed by atoms with Gasteiger partial charge in [0.25, 0.3) is 0 Å². The van der Waals surface area contributed by atoms with Gasteiger partial charge in [-0.1, -0.05) is 0 Å². The molecule has 0 atom stereocenters. The molecule has 25 heavy (non-hydrogen) atoms. The van der Waals surface area contributed by atoms with E-state index in [1.807, 2.05) is 31.2 Å². The molecule has 0 aliphatic rings. The van der Waals surface area contributed by atoms with E-state index < -0.39 is 5.97 Å². The van der Waals surface area contributed by atoms with Crippen molar-refractivity contribution in [3.8, 4) is 5.75 Å². The fourth-order valence-corrected chi connectivity index (χ4v) is 2.58. The minimum Gasteiger partial charge on any atom is -0.497 e. The average molecular weight is 340 g/mol. The largest absolute Gasteiger partial charge is 0.497 e. The van der Waals surface area contributed by atoms with Crippen LogP contribution in [0, 0.1) is 0 Å². The molecule has 7 heteroatoms. The number of carbonyl (C=O) groups is 1. The van der Waals surface area contributed by atoms with E-state index in [1.54, 1.807) is 24.9 Å². The number of aryl methyl sites for hydroxylation is 1. The van der Waals surface area contributed by atoms with Gasteiger partial charge in [-0.25, -0.2) is 14.5 Å². The molecule has 7 nitrogen and oxygen atoms in total. The van der Waals surface area contributed by atoms with Gasteiger partial charge in [0, 0.05) is 18.4 Å². The number of esters is 1. The van der Waals surface area contributed by atoms with Gasteiger partial charge in [-0.05, 0) is 38.1 Å². The number of anilines is 2. The number of benzene rings is 1. The molecule has 2 heterocycles. The molecule has 0 aliphatic carbocycles. The lowest BCUT2D eigenvalue weighted by Gasteiger charge is -2.13. The number of nitrogens with one attached hydrogen (secondary N) is 1. The van der Waals surface area contributed by atoms with Crippen molar-refractivity contribution in [2.75, 3.05) is 19.0 Å². The SMILES string of the molecule is CCOC(=O)c1cnc2c(cnn2CC)c1Nc1ccc(OC)cc1. The van der Waals surface area contributed by atoms with Crippen molar-refractivity contribution in [2.45, 2.75) is 20.4 Å². The molecule has 0 unspecified atom stereocenters. The molecule has 0 radical (unpaired) electrons. The van der Waals surface area contributed by atoms with Gasteiger partial charge < -0.3 is 14.8 Å².